The molecule has 0 saturated carbocycles. The lowest BCUT2D eigenvalue weighted by molar-refractivity contribution is -0.133. The molecule has 1 aliphatic heterocycles. The van der Waals surface area contributed by atoms with Crippen molar-refractivity contribution in [3.8, 4) is 0 Å². The molecule has 1 rings (SSSR count). The Morgan fingerprint density at radius 1 is 1.33 bits per heavy atom. The summed E-state index contributed by atoms with van der Waals surface area (Å²) in [4.78, 5) is 24.1. The molecule has 1 saturated heterocycles. The fourth-order valence-corrected chi connectivity index (χ4v) is 1.84. The predicted molar refractivity (Wildman–Crippen MR) is 57.3 cm³/mol. The van der Waals surface area contributed by atoms with Crippen LogP contribution >= 0.6 is 0 Å². The van der Waals surface area contributed by atoms with E-state index in [1.54, 1.807) is 4.90 Å². The summed E-state index contributed by atoms with van der Waals surface area (Å²) in [5.74, 6) is -0.176. The molecule has 1 fully saturated rings. The van der Waals surface area contributed by atoms with Crippen molar-refractivity contribution >= 4 is 11.8 Å². The normalized spacial score (nSPS) is 26.2. The Morgan fingerprint density at radius 2 is 1.87 bits per heavy atom. The number of piperazine rings is 1. The molecule has 2 N–H and O–H groups in total. The fourth-order valence-electron chi connectivity index (χ4n) is 1.84. The number of carbonyl (C=O) groups excluding carboxylic acids is 2. The van der Waals surface area contributed by atoms with Gasteiger partial charge >= 0.3 is 0 Å². The van der Waals surface area contributed by atoms with E-state index in [1.165, 1.54) is 6.92 Å². The summed E-state index contributed by atoms with van der Waals surface area (Å²) in [6.07, 6.45) is 0. The number of nitrogens with one attached hydrogen (secondary N) is 2. The summed E-state index contributed by atoms with van der Waals surface area (Å²) in [6, 6.07) is 0.630. The SMILES string of the molecule is CC(=O)NCC(=O)N1CC(C)NC(C)C1. The Kier molecular flexibility index (Phi) is 4.08. The van der Waals surface area contributed by atoms with Crippen LogP contribution in [0, 0.1) is 0 Å². The van der Waals surface area contributed by atoms with E-state index in [4.69, 9.17) is 0 Å². The van der Waals surface area contributed by atoms with Crippen molar-refractivity contribution < 1.29 is 9.59 Å². The van der Waals surface area contributed by atoms with Gasteiger partial charge in [0.2, 0.25) is 11.8 Å². The van der Waals surface area contributed by atoms with E-state index in [2.05, 4.69) is 10.6 Å². The summed E-state index contributed by atoms with van der Waals surface area (Å²) in [7, 11) is 0. The van der Waals surface area contributed by atoms with Gasteiger partial charge in [-0.1, -0.05) is 0 Å². The van der Waals surface area contributed by atoms with Gasteiger partial charge in [-0.2, -0.15) is 0 Å². The molecule has 2 amide bonds. The molecule has 5 nitrogen and oxygen atoms in total. The molecule has 15 heavy (non-hydrogen) atoms. The van der Waals surface area contributed by atoms with Crippen molar-refractivity contribution in [3.63, 3.8) is 0 Å². The first kappa shape index (κ1) is 12.0. The highest BCUT2D eigenvalue weighted by atomic mass is 16.2. The van der Waals surface area contributed by atoms with Crippen molar-refractivity contribution in [1.29, 1.82) is 0 Å². The average Bonchev–Trinajstić information content (AvgIpc) is 2.12. The van der Waals surface area contributed by atoms with Crippen molar-refractivity contribution in [2.24, 2.45) is 0 Å². The van der Waals surface area contributed by atoms with Gasteiger partial charge in [0, 0.05) is 32.1 Å². The van der Waals surface area contributed by atoms with Crippen LogP contribution in [0.15, 0.2) is 0 Å². The third kappa shape index (κ3) is 3.87. The van der Waals surface area contributed by atoms with Crippen LogP contribution in [0.3, 0.4) is 0 Å². The molecule has 0 spiro atoms. The van der Waals surface area contributed by atoms with Crippen molar-refractivity contribution in [3.05, 3.63) is 0 Å². The first-order valence-corrected chi connectivity index (χ1v) is 5.27. The van der Waals surface area contributed by atoms with Gasteiger partial charge in [-0.05, 0) is 13.8 Å². The van der Waals surface area contributed by atoms with Gasteiger partial charge in [0.1, 0.15) is 0 Å². The molecule has 5 heteroatoms. The molecule has 0 aromatic heterocycles. The second kappa shape index (κ2) is 5.11. The minimum absolute atomic E-state index is 0.00889. The molecule has 0 radical (unpaired) electrons. The second-order valence-electron chi connectivity index (χ2n) is 4.18. The van der Waals surface area contributed by atoms with E-state index in [-0.39, 0.29) is 18.4 Å². The standard InChI is InChI=1S/C10H19N3O2/c1-7-5-13(6-8(2)12-7)10(15)4-11-9(3)14/h7-8,12H,4-6H2,1-3H3,(H,11,14). The first-order valence-electron chi connectivity index (χ1n) is 5.27. The molecule has 86 valence electrons. The van der Waals surface area contributed by atoms with Gasteiger partial charge in [0.05, 0.1) is 6.54 Å². The zero-order valence-electron chi connectivity index (χ0n) is 9.54. The summed E-state index contributed by atoms with van der Waals surface area (Å²) in [5, 5.41) is 5.87. The molecule has 0 bridgehead atoms. The van der Waals surface area contributed by atoms with E-state index < -0.39 is 0 Å². The molecule has 0 aromatic rings. The van der Waals surface area contributed by atoms with E-state index in [1.807, 2.05) is 13.8 Å². The highest BCUT2D eigenvalue weighted by Crippen LogP contribution is 2.03. The first-order chi connectivity index (χ1) is 6.99. The van der Waals surface area contributed by atoms with Crippen LogP contribution in [-0.4, -0.2) is 48.4 Å². The molecule has 0 aromatic carbocycles. The van der Waals surface area contributed by atoms with Crippen LogP contribution in [-0.2, 0) is 9.59 Å². The number of carbonyl (C=O) groups is 2. The summed E-state index contributed by atoms with van der Waals surface area (Å²) in [6.45, 7) is 7.04. The third-order valence-electron chi connectivity index (χ3n) is 2.40. The third-order valence-corrected chi connectivity index (χ3v) is 2.40. The minimum atomic E-state index is -0.167. The maximum absolute atomic E-state index is 11.7. The van der Waals surface area contributed by atoms with Gasteiger partial charge in [-0.15, -0.1) is 0 Å². The lowest BCUT2D eigenvalue weighted by Gasteiger charge is -2.36. The number of hydrogen-bond donors (Lipinski definition) is 2. The number of amides is 2. The van der Waals surface area contributed by atoms with E-state index in [0.29, 0.717) is 25.2 Å². The van der Waals surface area contributed by atoms with Gasteiger partial charge in [0.25, 0.3) is 0 Å². The summed E-state index contributed by atoms with van der Waals surface area (Å²) < 4.78 is 0. The molecule has 2 unspecified atom stereocenters. The monoisotopic (exact) mass is 213 g/mol. The van der Waals surface area contributed by atoms with Crippen LogP contribution in [0.5, 0.6) is 0 Å². The Hall–Kier alpha value is -1.10. The zero-order valence-corrected chi connectivity index (χ0v) is 9.54. The largest absolute Gasteiger partial charge is 0.347 e. The second-order valence-corrected chi connectivity index (χ2v) is 4.18. The Bertz CT molecular complexity index is 245. The molecular weight excluding hydrogens is 194 g/mol. The van der Waals surface area contributed by atoms with Gasteiger partial charge in [-0.25, -0.2) is 0 Å². The van der Waals surface area contributed by atoms with Gasteiger partial charge in [0.15, 0.2) is 0 Å². The maximum atomic E-state index is 11.7. The van der Waals surface area contributed by atoms with Crippen molar-refractivity contribution in [2.45, 2.75) is 32.9 Å². The molecular formula is C10H19N3O2. The van der Waals surface area contributed by atoms with E-state index in [9.17, 15) is 9.59 Å². The maximum Gasteiger partial charge on any atom is 0.242 e. The fraction of sp³-hybridized carbons (Fsp3) is 0.800. The van der Waals surface area contributed by atoms with Gasteiger partial charge < -0.3 is 15.5 Å². The van der Waals surface area contributed by atoms with Crippen LogP contribution in [0.2, 0.25) is 0 Å². The molecule has 0 aliphatic carbocycles. The van der Waals surface area contributed by atoms with Crippen molar-refractivity contribution in [1.82, 2.24) is 15.5 Å². The average molecular weight is 213 g/mol. The summed E-state index contributed by atoms with van der Waals surface area (Å²) >= 11 is 0. The van der Waals surface area contributed by atoms with Crippen LogP contribution in [0.1, 0.15) is 20.8 Å². The molecule has 1 heterocycles. The van der Waals surface area contributed by atoms with Crippen LogP contribution in [0.25, 0.3) is 0 Å². The van der Waals surface area contributed by atoms with E-state index in [0.717, 1.165) is 0 Å². The topological polar surface area (TPSA) is 61.4 Å². The lowest BCUT2D eigenvalue weighted by atomic mass is 10.1. The quantitative estimate of drug-likeness (QED) is 0.639. The van der Waals surface area contributed by atoms with Gasteiger partial charge in [-0.3, -0.25) is 9.59 Å². The Morgan fingerprint density at radius 3 is 2.33 bits per heavy atom. The Labute approximate surface area is 90.2 Å². The number of nitrogens with zero attached hydrogens (tertiary/aromatic N) is 1. The number of rotatable bonds is 2. The predicted octanol–water partition coefficient (Wildman–Crippen LogP) is -0.669. The van der Waals surface area contributed by atoms with E-state index >= 15 is 0 Å². The van der Waals surface area contributed by atoms with Crippen molar-refractivity contribution in [2.75, 3.05) is 19.6 Å². The van der Waals surface area contributed by atoms with Crippen LogP contribution in [0.4, 0.5) is 0 Å². The Balaban J connectivity index is 2.41. The van der Waals surface area contributed by atoms with Crippen LogP contribution < -0.4 is 10.6 Å². The highest BCUT2D eigenvalue weighted by molar-refractivity contribution is 5.83. The summed E-state index contributed by atoms with van der Waals surface area (Å²) in [5.41, 5.74) is 0. The molecule has 1 aliphatic rings. The zero-order chi connectivity index (χ0) is 11.4. The minimum Gasteiger partial charge on any atom is -0.347 e. The lowest BCUT2D eigenvalue weighted by Crippen LogP contribution is -2.57. The highest BCUT2D eigenvalue weighted by Gasteiger charge is 2.24. The molecule has 2 atom stereocenters. The smallest absolute Gasteiger partial charge is 0.242 e. The number of hydrogen-bond acceptors (Lipinski definition) is 3.